The minimum Gasteiger partial charge on any atom is -0.377 e. The van der Waals surface area contributed by atoms with Crippen LogP contribution in [0.4, 0.5) is 4.39 Å². The number of rotatable bonds is 1. The summed E-state index contributed by atoms with van der Waals surface area (Å²) in [6.07, 6.45) is 5.29. The van der Waals surface area contributed by atoms with E-state index in [4.69, 9.17) is 4.74 Å². The fraction of sp³-hybridized carbons (Fsp3) is 0.429. The van der Waals surface area contributed by atoms with Crippen LogP contribution in [0.1, 0.15) is 6.42 Å². The molecule has 0 radical (unpaired) electrons. The highest BCUT2D eigenvalue weighted by Gasteiger charge is 2.08. The van der Waals surface area contributed by atoms with Gasteiger partial charge in [0.05, 0.1) is 6.10 Å². The van der Waals surface area contributed by atoms with Gasteiger partial charge >= 0.3 is 0 Å². The zero-order valence-corrected chi connectivity index (χ0v) is 5.30. The van der Waals surface area contributed by atoms with Crippen molar-refractivity contribution in [2.45, 2.75) is 12.5 Å². The molecule has 50 valence electrons. The van der Waals surface area contributed by atoms with Crippen LogP contribution in [0.2, 0.25) is 0 Å². The van der Waals surface area contributed by atoms with Gasteiger partial charge in [0.1, 0.15) is 5.83 Å². The van der Waals surface area contributed by atoms with Crippen molar-refractivity contribution in [3.63, 3.8) is 0 Å². The highest BCUT2D eigenvalue weighted by Crippen LogP contribution is 2.14. The summed E-state index contributed by atoms with van der Waals surface area (Å²) in [5, 5.41) is 0. The van der Waals surface area contributed by atoms with Gasteiger partial charge in [-0.3, -0.25) is 0 Å². The number of hydrogen-bond donors (Lipinski definition) is 0. The van der Waals surface area contributed by atoms with Crippen LogP contribution in [0, 0.1) is 0 Å². The van der Waals surface area contributed by atoms with E-state index in [0.717, 1.165) is 0 Å². The Morgan fingerprint density at radius 2 is 2.56 bits per heavy atom. The Morgan fingerprint density at radius 3 is 3.00 bits per heavy atom. The van der Waals surface area contributed by atoms with Gasteiger partial charge in [-0.05, 0) is 6.08 Å². The molecule has 0 fully saturated rings. The molecule has 0 bridgehead atoms. The second-order valence-electron chi connectivity index (χ2n) is 1.98. The lowest BCUT2D eigenvalue weighted by molar-refractivity contribution is 0.135. The fourth-order valence-electron chi connectivity index (χ4n) is 0.774. The summed E-state index contributed by atoms with van der Waals surface area (Å²) >= 11 is 0. The maximum Gasteiger partial charge on any atom is 0.103 e. The van der Waals surface area contributed by atoms with E-state index in [2.05, 4.69) is 0 Å². The molecule has 0 aromatic carbocycles. The Labute approximate surface area is 53.8 Å². The largest absolute Gasteiger partial charge is 0.377 e. The zero-order chi connectivity index (χ0) is 6.69. The average Bonchev–Trinajstić information content (AvgIpc) is 1.88. The third kappa shape index (κ3) is 1.64. The van der Waals surface area contributed by atoms with Crippen molar-refractivity contribution in [2.24, 2.45) is 0 Å². The van der Waals surface area contributed by atoms with E-state index in [0.29, 0.717) is 6.42 Å². The lowest BCUT2D eigenvalue weighted by Crippen LogP contribution is -2.08. The fourth-order valence-corrected chi connectivity index (χ4v) is 0.774. The van der Waals surface area contributed by atoms with E-state index in [9.17, 15) is 4.39 Å². The highest BCUT2D eigenvalue weighted by atomic mass is 19.1. The SMILES string of the molecule is COC1C=CC=C(F)C1. The summed E-state index contributed by atoms with van der Waals surface area (Å²) < 4.78 is 17.2. The summed E-state index contributed by atoms with van der Waals surface area (Å²) in [4.78, 5) is 0. The first kappa shape index (κ1) is 6.49. The predicted molar refractivity (Wildman–Crippen MR) is 33.7 cm³/mol. The lowest BCUT2D eigenvalue weighted by Gasteiger charge is -2.11. The molecule has 1 nitrogen and oxygen atoms in total. The van der Waals surface area contributed by atoms with Crippen LogP contribution < -0.4 is 0 Å². The Kier molecular flexibility index (Phi) is 2.01. The molecule has 0 N–H and O–H groups in total. The second kappa shape index (κ2) is 2.78. The maximum absolute atomic E-state index is 12.4. The van der Waals surface area contributed by atoms with Crippen LogP contribution in [0.15, 0.2) is 24.1 Å². The zero-order valence-electron chi connectivity index (χ0n) is 5.30. The van der Waals surface area contributed by atoms with Crippen molar-refractivity contribution in [3.05, 3.63) is 24.1 Å². The number of hydrogen-bond acceptors (Lipinski definition) is 1. The van der Waals surface area contributed by atoms with Crippen molar-refractivity contribution < 1.29 is 9.13 Å². The van der Waals surface area contributed by atoms with Crippen molar-refractivity contribution >= 4 is 0 Å². The minimum absolute atomic E-state index is 0.0602. The standard InChI is InChI=1S/C7H9FO/c1-9-7-4-2-3-6(8)5-7/h2-4,7H,5H2,1H3. The molecule has 0 aromatic rings. The molecular formula is C7H9FO. The van der Waals surface area contributed by atoms with Gasteiger partial charge in [-0.15, -0.1) is 0 Å². The monoisotopic (exact) mass is 128 g/mol. The van der Waals surface area contributed by atoms with Gasteiger partial charge in [0.25, 0.3) is 0 Å². The molecule has 2 heteroatoms. The van der Waals surface area contributed by atoms with Crippen LogP contribution in [0.3, 0.4) is 0 Å². The molecule has 0 saturated heterocycles. The lowest BCUT2D eigenvalue weighted by atomic mass is 10.1. The average molecular weight is 128 g/mol. The molecule has 0 aliphatic heterocycles. The van der Waals surface area contributed by atoms with Gasteiger partial charge in [-0.2, -0.15) is 0 Å². The first-order chi connectivity index (χ1) is 4.33. The topological polar surface area (TPSA) is 9.23 Å². The smallest absolute Gasteiger partial charge is 0.103 e. The van der Waals surface area contributed by atoms with Crippen LogP contribution in [-0.2, 0) is 4.74 Å². The van der Waals surface area contributed by atoms with Crippen LogP contribution in [-0.4, -0.2) is 13.2 Å². The molecule has 9 heavy (non-hydrogen) atoms. The molecule has 0 amide bonds. The molecular weight excluding hydrogens is 119 g/mol. The molecule has 1 unspecified atom stereocenters. The van der Waals surface area contributed by atoms with Crippen LogP contribution in [0.25, 0.3) is 0 Å². The number of halogens is 1. The summed E-state index contributed by atoms with van der Waals surface area (Å²) in [6, 6.07) is 0. The van der Waals surface area contributed by atoms with Gasteiger partial charge in [0, 0.05) is 13.5 Å². The second-order valence-corrected chi connectivity index (χ2v) is 1.98. The quantitative estimate of drug-likeness (QED) is 0.523. The first-order valence-electron chi connectivity index (χ1n) is 2.88. The summed E-state index contributed by atoms with van der Waals surface area (Å²) in [5.74, 6) is -0.107. The van der Waals surface area contributed by atoms with Crippen molar-refractivity contribution in [2.75, 3.05) is 7.11 Å². The molecule has 1 aliphatic rings. The normalized spacial score (nSPS) is 26.0. The van der Waals surface area contributed by atoms with Crippen molar-refractivity contribution in [3.8, 4) is 0 Å². The van der Waals surface area contributed by atoms with Crippen molar-refractivity contribution in [1.82, 2.24) is 0 Å². The van der Waals surface area contributed by atoms with Gasteiger partial charge in [0.15, 0.2) is 0 Å². The Morgan fingerprint density at radius 1 is 1.78 bits per heavy atom. The van der Waals surface area contributed by atoms with Gasteiger partial charge < -0.3 is 4.74 Å². The molecule has 1 rings (SSSR count). The van der Waals surface area contributed by atoms with E-state index in [-0.39, 0.29) is 11.9 Å². The molecule has 0 saturated carbocycles. The third-order valence-electron chi connectivity index (χ3n) is 1.30. The predicted octanol–water partition coefficient (Wildman–Crippen LogP) is 1.81. The summed E-state index contributed by atoms with van der Waals surface area (Å²) in [6.45, 7) is 0. The van der Waals surface area contributed by atoms with Gasteiger partial charge in [-0.1, -0.05) is 12.2 Å². The highest BCUT2D eigenvalue weighted by molar-refractivity contribution is 5.15. The molecule has 1 aliphatic carbocycles. The van der Waals surface area contributed by atoms with Gasteiger partial charge in [0.2, 0.25) is 0 Å². The van der Waals surface area contributed by atoms with E-state index in [1.807, 2.05) is 6.08 Å². The maximum atomic E-state index is 12.4. The molecule has 0 aromatic heterocycles. The molecule has 0 heterocycles. The first-order valence-corrected chi connectivity index (χ1v) is 2.88. The van der Waals surface area contributed by atoms with E-state index < -0.39 is 0 Å². The minimum atomic E-state index is -0.107. The van der Waals surface area contributed by atoms with E-state index in [1.54, 1.807) is 13.2 Å². The Bertz CT molecular complexity index is 149. The number of ether oxygens (including phenoxy) is 1. The Hall–Kier alpha value is -0.630. The number of allylic oxidation sites excluding steroid dienone is 2. The summed E-state index contributed by atoms with van der Waals surface area (Å²) in [5.41, 5.74) is 0. The van der Waals surface area contributed by atoms with Crippen molar-refractivity contribution in [1.29, 1.82) is 0 Å². The molecule has 1 atom stereocenters. The van der Waals surface area contributed by atoms with Crippen LogP contribution in [0.5, 0.6) is 0 Å². The van der Waals surface area contributed by atoms with E-state index >= 15 is 0 Å². The molecule has 0 spiro atoms. The van der Waals surface area contributed by atoms with E-state index in [1.165, 1.54) is 6.08 Å². The van der Waals surface area contributed by atoms with Gasteiger partial charge in [-0.25, -0.2) is 4.39 Å². The van der Waals surface area contributed by atoms with Crippen LogP contribution >= 0.6 is 0 Å². The number of methoxy groups -OCH3 is 1. The summed E-state index contributed by atoms with van der Waals surface area (Å²) in [7, 11) is 1.58. The third-order valence-corrected chi connectivity index (χ3v) is 1.30. The Balaban J connectivity index is 2.51.